The smallest absolute Gasteiger partial charge is 0.332 e. The van der Waals surface area contributed by atoms with E-state index < -0.39 is 5.97 Å². The molecule has 5 heteroatoms. The Balaban J connectivity index is 1.66. The molecule has 2 atom stereocenters. The van der Waals surface area contributed by atoms with Crippen molar-refractivity contribution < 1.29 is 14.7 Å². The Labute approximate surface area is 134 Å². The molecule has 1 aliphatic heterocycles. The molecule has 0 bridgehead atoms. The first-order chi connectivity index (χ1) is 10.6. The zero-order valence-electron chi connectivity index (χ0n) is 12.5. The lowest BCUT2D eigenvalue weighted by atomic mass is 9.82. The van der Waals surface area contributed by atoms with Crippen LogP contribution in [0.4, 0.5) is 0 Å². The van der Waals surface area contributed by atoms with Gasteiger partial charge < -0.3 is 10.0 Å². The summed E-state index contributed by atoms with van der Waals surface area (Å²) in [5.41, 5.74) is 0.183. The molecule has 0 radical (unpaired) electrons. The molecule has 1 aromatic heterocycles. The van der Waals surface area contributed by atoms with Crippen molar-refractivity contribution in [2.75, 3.05) is 13.1 Å². The number of nitrogens with zero attached hydrogens (tertiary/aromatic N) is 1. The predicted octanol–water partition coefficient (Wildman–Crippen LogP) is 3.25. The maximum Gasteiger partial charge on any atom is 0.332 e. The van der Waals surface area contributed by atoms with Gasteiger partial charge in [0.05, 0.1) is 6.42 Å². The highest BCUT2D eigenvalue weighted by Gasteiger charge is 2.36. The number of thiophene rings is 1. The van der Waals surface area contributed by atoms with Gasteiger partial charge >= 0.3 is 5.97 Å². The van der Waals surface area contributed by atoms with Crippen LogP contribution in [0.3, 0.4) is 0 Å². The van der Waals surface area contributed by atoms with E-state index in [1.807, 2.05) is 22.4 Å². The monoisotopic (exact) mass is 319 g/mol. The Morgan fingerprint density at radius 1 is 1.27 bits per heavy atom. The van der Waals surface area contributed by atoms with Gasteiger partial charge in [-0.15, -0.1) is 11.3 Å². The van der Waals surface area contributed by atoms with Crippen molar-refractivity contribution >= 4 is 29.3 Å². The van der Waals surface area contributed by atoms with E-state index in [2.05, 4.69) is 0 Å². The quantitative estimate of drug-likeness (QED) is 0.867. The molecule has 0 unspecified atom stereocenters. The van der Waals surface area contributed by atoms with E-state index in [9.17, 15) is 14.7 Å². The van der Waals surface area contributed by atoms with Crippen LogP contribution < -0.4 is 0 Å². The average molecular weight is 319 g/mol. The van der Waals surface area contributed by atoms with Crippen LogP contribution in [0, 0.1) is 11.8 Å². The minimum Gasteiger partial charge on any atom is -0.478 e. The Morgan fingerprint density at radius 2 is 1.95 bits per heavy atom. The van der Waals surface area contributed by atoms with E-state index in [-0.39, 0.29) is 17.9 Å². The number of fused-ring (bicyclic) bond motifs is 1. The zero-order chi connectivity index (χ0) is 15.5. The average Bonchev–Trinajstić information content (AvgIpc) is 3.15. The number of hydrogen-bond acceptors (Lipinski definition) is 3. The van der Waals surface area contributed by atoms with Crippen LogP contribution in [0.5, 0.6) is 0 Å². The molecule has 2 aliphatic rings. The summed E-state index contributed by atoms with van der Waals surface area (Å²) in [6, 6.07) is 3.74. The highest BCUT2D eigenvalue weighted by Crippen LogP contribution is 2.36. The summed E-state index contributed by atoms with van der Waals surface area (Å²) in [6.07, 6.45) is 6.57. The summed E-state index contributed by atoms with van der Waals surface area (Å²) in [5.74, 6) is 0.220. The summed E-state index contributed by atoms with van der Waals surface area (Å²) in [6.45, 7) is 1.63. The van der Waals surface area contributed by atoms with Gasteiger partial charge in [0.15, 0.2) is 0 Å². The second-order valence-electron chi connectivity index (χ2n) is 6.27. The van der Waals surface area contributed by atoms with E-state index in [4.69, 9.17) is 0 Å². The fraction of sp³-hybridized carbons (Fsp3) is 0.529. The van der Waals surface area contributed by atoms with Gasteiger partial charge in [-0.2, -0.15) is 0 Å². The Bertz CT molecular complexity index is 565. The van der Waals surface area contributed by atoms with E-state index in [0.29, 0.717) is 11.8 Å². The number of carboxylic acid groups (broad SMARTS) is 1. The molecule has 4 nitrogen and oxygen atoms in total. The largest absolute Gasteiger partial charge is 0.478 e. The number of amides is 1. The number of likely N-dealkylation sites (tertiary alicyclic amines) is 1. The molecule has 1 saturated heterocycles. The van der Waals surface area contributed by atoms with E-state index in [1.54, 1.807) is 6.08 Å². The van der Waals surface area contributed by atoms with Crippen molar-refractivity contribution in [2.24, 2.45) is 11.8 Å². The van der Waals surface area contributed by atoms with Gasteiger partial charge in [0, 0.05) is 23.5 Å². The second-order valence-corrected chi connectivity index (χ2v) is 7.25. The van der Waals surface area contributed by atoms with Gasteiger partial charge in [-0.1, -0.05) is 18.9 Å². The zero-order valence-corrected chi connectivity index (χ0v) is 13.3. The van der Waals surface area contributed by atoms with E-state index in [0.717, 1.165) is 18.0 Å². The van der Waals surface area contributed by atoms with Crippen molar-refractivity contribution in [3.8, 4) is 0 Å². The highest BCUT2D eigenvalue weighted by molar-refractivity contribution is 7.10. The van der Waals surface area contributed by atoms with Crippen LogP contribution in [-0.4, -0.2) is 35.0 Å². The predicted molar refractivity (Wildman–Crippen MR) is 86.6 cm³/mol. The summed E-state index contributed by atoms with van der Waals surface area (Å²) in [4.78, 5) is 26.6. The third-order valence-electron chi connectivity index (χ3n) is 4.81. The van der Waals surface area contributed by atoms with Crippen LogP contribution in [0.1, 0.15) is 37.0 Å². The summed E-state index contributed by atoms with van der Waals surface area (Å²) < 4.78 is 0. The Kier molecular flexibility index (Phi) is 4.62. The number of carbonyl (C=O) groups is 2. The topological polar surface area (TPSA) is 57.6 Å². The molecule has 2 heterocycles. The molecule has 3 rings (SSSR count). The SMILES string of the molecule is O=C(O)C(=Cc1cccs1)CC(=O)N1C[C@H]2CCCC[C@H]2C1. The van der Waals surface area contributed by atoms with Crippen molar-refractivity contribution in [3.05, 3.63) is 28.0 Å². The Hall–Kier alpha value is -1.62. The number of aliphatic carboxylic acids is 1. The normalized spacial score (nSPS) is 25.1. The van der Waals surface area contributed by atoms with Gasteiger partial charge in [-0.3, -0.25) is 4.79 Å². The Morgan fingerprint density at radius 3 is 2.50 bits per heavy atom. The van der Waals surface area contributed by atoms with Crippen molar-refractivity contribution in [1.82, 2.24) is 4.90 Å². The highest BCUT2D eigenvalue weighted by atomic mass is 32.1. The fourth-order valence-electron chi connectivity index (χ4n) is 3.62. The summed E-state index contributed by atoms with van der Waals surface area (Å²) >= 11 is 1.48. The molecular formula is C17H21NO3S. The molecule has 2 fully saturated rings. The van der Waals surface area contributed by atoms with Crippen LogP contribution >= 0.6 is 11.3 Å². The molecule has 1 aliphatic carbocycles. The third-order valence-corrected chi connectivity index (χ3v) is 5.62. The molecule has 1 aromatic rings. The van der Waals surface area contributed by atoms with Crippen molar-refractivity contribution in [1.29, 1.82) is 0 Å². The number of carbonyl (C=O) groups excluding carboxylic acids is 1. The molecule has 22 heavy (non-hydrogen) atoms. The lowest BCUT2D eigenvalue weighted by Gasteiger charge is -2.22. The second kappa shape index (κ2) is 6.65. The molecule has 1 saturated carbocycles. The minimum absolute atomic E-state index is 0.00727. The molecule has 0 spiro atoms. The van der Waals surface area contributed by atoms with Gasteiger partial charge in [-0.25, -0.2) is 4.79 Å². The third kappa shape index (κ3) is 3.40. The standard InChI is InChI=1S/C17H21NO3S/c19-16(18-10-12-4-1-2-5-13(12)11-18)9-14(17(20)21)8-15-6-3-7-22-15/h3,6-8,12-13H,1-2,4-5,9-11H2,(H,20,21)/t12-,13+. The van der Waals surface area contributed by atoms with Crippen LogP contribution in [0.2, 0.25) is 0 Å². The van der Waals surface area contributed by atoms with Crippen molar-refractivity contribution in [3.63, 3.8) is 0 Å². The van der Waals surface area contributed by atoms with Gasteiger partial charge in [-0.05, 0) is 42.2 Å². The summed E-state index contributed by atoms with van der Waals surface area (Å²) in [5, 5.41) is 11.2. The maximum absolute atomic E-state index is 12.5. The van der Waals surface area contributed by atoms with Gasteiger partial charge in [0.25, 0.3) is 0 Å². The maximum atomic E-state index is 12.5. The van der Waals surface area contributed by atoms with Crippen LogP contribution in [0.25, 0.3) is 6.08 Å². The van der Waals surface area contributed by atoms with Crippen LogP contribution in [0.15, 0.2) is 23.1 Å². The number of rotatable bonds is 4. The van der Waals surface area contributed by atoms with Crippen LogP contribution in [-0.2, 0) is 9.59 Å². The minimum atomic E-state index is -1.00. The number of carboxylic acids is 1. The first-order valence-corrected chi connectivity index (χ1v) is 8.76. The molecule has 0 aromatic carbocycles. The molecule has 1 N–H and O–H groups in total. The van der Waals surface area contributed by atoms with Gasteiger partial charge in [0.2, 0.25) is 5.91 Å². The van der Waals surface area contributed by atoms with Gasteiger partial charge in [0.1, 0.15) is 0 Å². The van der Waals surface area contributed by atoms with Crippen molar-refractivity contribution in [2.45, 2.75) is 32.1 Å². The van der Waals surface area contributed by atoms with E-state index >= 15 is 0 Å². The molecule has 118 valence electrons. The van der Waals surface area contributed by atoms with E-state index in [1.165, 1.54) is 37.0 Å². The first kappa shape index (κ1) is 15.3. The fourth-order valence-corrected chi connectivity index (χ4v) is 4.30. The molecule has 1 amide bonds. The summed E-state index contributed by atoms with van der Waals surface area (Å²) in [7, 11) is 0. The lowest BCUT2D eigenvalue weighted by molar-refractivity contribution is -0.136. The molecular weight excluding hydrogens is 298 g/mol. The first-order valence-electron chi connectivity index (χ1n) is 7.88. The number of hydrogen-bond donors (Lipinski definition) is 1. The lowest BCUT2D eigenvalue weighted by Crippen LogP contribution is -2.29.